The molecular weight excluding hydrogens is 344 g/mol. The molecule has 0 amide bonds. The molecule has 0 aromatic heterocycles. The van der Waals surface area contributed by atoms with Gasteiger partial charge in [-0.2, -0.15) is 0 Å². The van der Waals surface area contributed by atoms with Gasteiger partial charge >= 0.3 is 0 Å². The molecule has 4 N–H and O–H groups in total. The molecule has 4 rings (SSSR count). The van der Waals surface area contributed by atoms with Gasteiger partial charge in [-0.3, -0.25) is 0 Å². The van der Waals surface area contributed by atoms with Crippen molar-refractivity contribution < 1.29 is 25.2 Å². The van der Waals surface area contributed by atoms with Gasteiger partial charge in [0.15, 0.2) is 0 Å². The molecule has 0 saturated carbocycles. The summed E-state index contributed by atoms with van der Waals surface area (Å²) in [5, 5.41) is 38.7. The molecule has 3 aromatic carbocycles. The number of aromatic hydroxyl groups is 4. The van der Waals surface area contributed by atoms with Crippen LogP contribution in [-0.2, 0) is 0 Å². The lowest BCUT2D eigenvalue weighted by Gasteiger charge is -2.11. The first kappa shape index (κ1) is 16.8. The first-order chi connectivity index (χ1) is 13.0. The molecule has 27 heavy (non-hydrogen) atoms. The predicted molar refractivity (Wildman–Crippen MR) is 102 cm³/mol. The van der Waals surface area contributed by atoms with Crippen LogP contribution in [0.1, 0.15) is 28.2 Å². The van der Waals surface area contributed by atoms with Crippen LogP contribution < -0.4 is 4.74 Å². The highest BCUT2D eigenvalue weighted by molar-refractivity contribution is 5.72. The lowest BCUT2D eigenvalue weighted by Crippen LogP contribution is -2.02. The Bertz CT molecular complexity index is 998. The van der Waals surface area contributed by atoms with Gasteiger partial charge in [-0.25, -0.2) is 0 Å². The van der Waals surface area contributed by atoms with Crippen molar-refractivity contribution in [1.82, 2.24) is 0 Å². The van der Waals surface area contributed by atoms with Gasteiger partial charge in [0, 0.05) is 23.6 Å². The van der Waals surface area contributed by atoms with E-state index in [1.807, 2.05) is 24.3 Å². The van der Waals surface area contributed by atoms with Crippen molar-refractivity contribution >= 4 is 12.2 Å². The molecule has 0 bridgehead atoms. The van der Waals surface area contributed by atoms with Crippen molar-refractivity contribution in [1.29, 1.82) is 0 Å². The van der Waals surface area contributed by atoms with Gasteiger partial charge in [0.25, 0.3) is 0 Å². The smallest absolute Gasteiger partial charge is 0.123 e. The lowest BCUT2D eigenvalue weighted by atomic mass is 9.91. The number of fused-ring (bicyclic) bond motifs is 1. The number of ether oxygens (including phenoxy) is 1. The molecule has 0 aliphatic carbocycles. The van der Waals surface area contributed by atoms with E-state index >= 15 is 0 Å². The van der Waals surface area contributed by atoms with E-state index in [2.05, 4.69) is 0 Å². The average molecular weight is 362 g/mol. The van der Waals surface area contributed by atoms with Crippen molar-refractivity contribution in [3.8, 4) is 28.7 Å². The molecule has 1 unspecified atom stereocenters. The molecular formula is C22H18O5. The Morgan fingerprint density at radius 2 is 1.30 bits per heavy atom. The molecule has 1 aliphatic heterocycles. The number of rotatable bonds is 3. The average Bonchev–Trinajstić information content (AvgIpc) is 3.01. The normalized spacial score (nSPS) is 15.6. The molecule has 5 nitrogen and oxygen atoms in total. The Balaban J connectivity index is 1.66. The van der Waals surface area contributed by atoms with Crippen LogP contribution in [-0.4, -0.2) is 27.0 Å². The highest BCUT2D eigenvalue weighted by Gasteiger charge is 2.26. The van der Waals surface area contributed by atoms with Crippen LogP contribution in [0.4, 0.5) is 0 Å². The summed E-state index contributed by atoms with van der Waals surface area (Å²) >= 11 is 0. The summed E-state index contributed by atoms with van der Waals surface area (Å²) in [6.07, 6.45) is 3.68. The van der Waals surface area contributed by atoms with Gasteiger partial charge in [-0.15, -0.1) is 0 Å². The largest absolute Gasteiger partial charge is 0.508 e. The number of phenolic OH excluding ortho intramolecular Hbond substituents is 4. The maximum absolute atomic E-state index is 9.76. The van der Waals surface area contributed by atoms with Gasteiger partial charge in [-0.05, 0) is 53.1 Å². The van der Waals surface area contributed by atoms with E-state index in [1.165, 1.54) is 12.1 Å². The van der Waals surface area contributed by atoms with E-state index in [0.717, 1.165) is 22.4 Å². The standard InChI is InChI=1S/C22H18O5/c23-16-5-14(6-17(24)10-16)2-1-13-3-4-22-20(7-13)21(12-27-22)15-8-18(25)11-19(26)9-15/h1-11,21,23-26H,12H2/b2-1+. The van der Waals surface area contributed by atoms with Gasteiger partial charge < -0.3 is 25.2 Å². The van der Waals surface area contributed by atoms with E-state index < -0.39 is 0 Å². The first-order valence-corrected chi connectivity index (χ1v) is 8.49. The van der Waals surface area contributed by atoms with Crippen molar-refractivity contribution in [2.45, 2.75) is 5.92 Å². The van der Waals surface area contributed by atoms with Crippen molar-refractivity contribution in [3.05, 3.63) is 76.9 Å². The van der Waals surface area contributed by atoms with Crippen molar-refractivity contribution in [2.24, 2.45) is 0 Å². The van der Waals surface area contributed by atoms with E-state index in [0.29, 0.717) is 12.2 Å². The zero-order chi connectivity index (χ0) is 19.0. The molecule has 1 heterocycles. The number of hydrogen-bond acceptors (Lipinski definition) is 5. The minimum absolute atomic E-state index is 0.000704. The third kappa shape index (κ3) is 3.53. The molecule has 0 radical (unpaired) electrons. The third-order valence-corrected chi connectivity index (χ3v) is 4.54. The lowest BCUT2D eigenvalue weighted by molar-refractivity contribution is 0.342. The molecule has 0 fully saturated rings. The molecule has 136 valence electrons. The molecule has 1 atom stereocenters. The van der Waals surface area contributed by atoms with Crippen LogP contribution in [0, 0.1) is 0 Å². The highest BCUT2D eigenvalue weighted by atomic mass is 16.5. The van der Waals surface area contributed by atoms with Gasteiger partial charge in [-0.1, -0.05) is 18.2 Å². The number of phenols is 4. The van der Waals surface area contributed by atoms with E-state index in [4.69, 9.17) is 4.74 Å². The quantitative estimate of drug-likeness (QED) is 0.524. The fourth-order valence-corrected chi connectivity index (χ4v) is 3.34. The van der Waals surface area contributed by atoms with E-state index in [-0.39, 0.29) is 28.9 Å². The fraction of sp³-hybridized carbons (Fsp3) is 0.0909. The Morgan fingerprint density at radius 1 is 0.704 bits per heavy atom. The molecule has 0 spiro atoms. The zero-order valence-electron chi connectivity index (χ0n) is 14.3. The minimum atomic E-state index is -0.0869. The number of hydrogen-bond donors (Lipinski definition) is 4. The Morgan fingerprint density at radius 3 is 1.96 bits per heavy atom. The van der Waals surface area contributed by atoms with Crippen LogP contribution in [0.3, 0.4) is 0 Å². The summed E-state index contributed by atoms with van der Waals surface area (Å²) in [6, 6.07) is 14.7. The Labute approximate surface area is 156 Å². The second-order valence-corrected chi connectivity index (χ2v) is 6.56. The minimum Gasteiger partial charge on any atom is -0.508 e. The molecule has 0 saturated heterocycles. The van der Waals surface area contributed by atoms with Gasteiger partial charge in [0.1, 0.15) is 28.7 Å². The summed E-state index contributed by atoms with van der Waals surface area (Å²) in [7, 11) is 0. The van der Waals surface area contributed by atoms with Crippen LogP contribution >= 0.6 is 0 Å². The number of benzene rings is 3. The molecule has 1 aliphatic rings. The zero-order valence-corrected chi connectivity index (χ0v) is 14.3. The van der Waals surface area contributed by atoms with Gasteiger partial charge in [0.2, 0.25) is 0 Å². The predicted octanol–water partition coefficient (Wildman–Crippen LogP) is 4.20. The fourth-order valence-electron chi connectivity index (χ4n) is 3.34. The van der Waals surface area contributed by atoms with E-state index in [1.54, 1.807) is 30.3 Å². The third-order valence-electron chi connectivity index (χ3n) is 4.54. The summed E-state index contributed by atoms with van der Waals surface area (Å²) in [5.74, 6) is 0.712. The first-order valence-electron chi connectivity index (χ1n) is 8.49. The SMILES string of the molecule is Oc1cc(O)cc(/C=C/c2ccc3c(c2)C(c2cc(O)cc(O)c2)CO3)c1. The highest BCUT2D eigenvalue weighted by Crippen LogP contribution is 2.40. The maximum atomic E-state index is 9.76. The summed E-state index contributed by atoms with van der Waals surface area (Å²) in [5.41, 5.74) is 3.36. The summed E-state index contributed by atoms with van der Waals surface area (Å²) < 4.78 is 5.74. The second kappa shape index (κ2) is 6.61. The summed E-state index contributed by atoms with van der Waals surface area (Å²) in [6.45, 7) is 0.436. The van der Waals surface area contributed by atoms with Crippen LogP contribution in [0.5, 0.6) is 28.7 Å². The van der Waals surface area contributed by atoms with Crippen molar-refractivity contribution in [2.75, 3.05) is 6.61 Å². The molecule has 5 heteroatoms. The van der Waals surface area contributed by atoms with Crippen molar-refractivity contribution in [3.63, 3.8) is 0 Å². The second-order valence-electron chi connectivity index (χ2n) is 6.56. The van der Waals surface area contributed by atoms with Crippen LogP contribution in [0.15, 0.2) is 54.6 Å². The maximum Gasteiger partial charge on any atom is 0.123 e. The van der Waals surface area contributed by atoms with Gasteiger partial charge in [0.05, 0.1) is 6.61 Å². The Hall–Kier alpha value is -3.60. The topological polar surface area (TPSA) is 90.2 Å². The molecule has 3 aromatic rings. The monoisotopic (exact) mass is 362 g/mol. The van der Waals surface area contributed by atoms with Crippen LogP contribution in [0.2, 0.25) is 0 Å². The summed E-state index contributed by atoms with van der Waals surface area (Å²) in [4.78, 5) is 0. The van der Waals surface area contributed by atoms with Crippen LogP contribution in [0.25, 0.3) is 12.2 Å². The Kier molecular flexibility index (Phi) is 4.12. The van der Waals surface area contributed by atoms with E-state index in [9.17, 15) is 20.4 Å².